The third kappa shape index (κ3) is 2.23. The number of rotatable bonds is 3. The van der Waals surface area contributed by atoms with E-state index in [9.17, 15) is 5.11 Å². The highest BCUT2D eigenvalue weighted by molar-refractivity contribution is 5.85. The van der Waals surface area contributed by atoms with Gasteiger partial charge >= 0.3 is 0 Å². The second kappa shape index (κ2) is 3.99. The molecular formula is C11H22ClNO. The van der Waals surface area contributed by atoms with Crippen LogP contribution in [0.1, 0.15) is 33.6 Å². The Balaban J connectivity index is 0.000000980. The van der Waals surface area contributed by atoms with E-state index in [1.54, 1.807) is 0 Å². The average Bonchev–Trinajstić information content (AvgIpc) is 2.67. The van der Waals surface area contributed by atoms with Crippen molar-refractivity contribution < 1.29 is 5.11 Å². The van der Waals surface area contributed by atoms with Gasteiger partial charge in [0.15, 0.2) is 0 Å². The van der Waals surface area contributed by atoms with E-state index in [0.29, 0.717) is 5.41 Å². The van der Waals surface area contributed by atoms with Crippen LogP contribution < -0.4 is 0 Å². The van der Waals surface area contributed by atoms with Crippen LogP contribution >= 0.6 is 12.4 Å². The second-order valence-corrected chi connectivity index (χ2v) is 5.55. The molecule has 1 aliphatic heterocycles. The number of hydrogen-bond acceptors (Lipinski definition) is 2. The highest BCUT2D eigenvalue weighted by Gasteiger charge is 2.52. The third-order valence-electron chi connectivity index (χ3n) is 3.37. The smallest absolute Gasteiger partial charge is 0.0639 e. The fourth-order valence-corrected chi connectivity index (χ4v) is 2.96. The number of β-amino-alcohol motifs (C(OH)–C–C–N with tert-alkyl or cyclic N) is 1. The van der Waals surface area contributed by atoms with Crippen molar-refractivity contribution in [1.29, 1.82) is 0 Å². The standard InChI is InChI=1S/C11H21NO.ClH/c1-8(13)6-12-7-11(2,3)10(12)9-4-5-9;/h8-10,13H,4-7H2,1-3H3;1H/t8-,10?;/m0./s1. The maximum atomic E-state index is 9.34. The van der Waals surface area contributed by atoms with Crippen LogP contribution in [0.4, 0.5) is 0 Å². The van der Waals surface area contributed by atoms with Gasteiger partial charge in [-0.15, -0.1) is 12.4 Å². The van der Waals surface area contributed by atoms with Crippen molar-refractivity contribution in [3.63, 3.8) is 0 Å². The Morgan fingerprint density at radius 3 is 2.36 bits per heavy atom. The van der Waals surface area contributed by atoms with Crippen LogP contribution in [0, 0.1) is 11.3 Å². The normalized spacial score (nSPS) is 33.0. The molecule has 1 unspecified atom stereocenters. The summed E-state index contributed by atoms with van der Waals surface area (Å²) in [6, 6.07) is 0.752. The zero-order valence-electron chi connectivity index (χ0n) is 9.36. The van der Waals surface area contributed by atoms with E-state index < -0.39 is 0 Å². The lowest BCUT2D eigenvalue weighted by Crippen LogP contribution is -2.64. The van der Waals surface area contributed by atoms with Gasteiger partial charge < -0.3 is 5.11 Å². The lowest BCUT2D eigenvalue weighted by molar-refractivity contribution is -0.0795. The Labute approximate surface area is 93.1 Å². The van der Waals surface area contributed by atoms with Gasteiger partial charge in [0, 0.05) is 19.1 Å². The minimum atomic E-state index is -0.169. The monoisotopic (exact) mass is 219 g/mol. The number of aliphatic hydroxyl groups is 1. The highest BCUT2D eigenvalue weighted by Crippen LogP contribution is 2.49. The number of hydrogen-bond donors (Lipinski definition) is 1. The van der Waals surface area contributed by atoms with Crippen molar-refractivity contribution in [3.05, 3.63) is 0 Å². The van der Waals surface area contributed by atoms with Crippen molar-refractivity contribution >= 4 is 12.4 Å². The predicted molar refractivity (Wildman–Crippen MR) is 60.8 cm³/mol. The molecule has 0 spiro atoms. The Morgan fingerprint density at radius 1 is 1.43 bits per heavy atom. The molecule has 2 atom stereocenters. The van der Waals surface area contributed by atoms with Crippen LogP contribution in [0.5, 0.6) is 0 Å². The van der Waals surface area contributed by atoms with Gasteiger partial charge in [0.05, 0.1) is 6.10 Å². The van der Waals surface area contributed by atoms with Gasteiger partial charge in [-0.1, -0.05) is 13.8 Å². The molecular weight excluding hydrogens is 198 g/mol. The minimum absolute atomic E-state index is 0. The molecule has 84 valence electrons. The van der Waals surface area contributed by atoms with Crippen LogP contribution in [0.15, 0.2) is 0 Å². The van der Waals surface area contributed by atoms with Crippen LogP contribution in [-0.4, -0.2) is 35.2 Å². The first kappa shape index (κ1) is 12.3. The minimum Gasteiger partial charge on any atom is -0.392 e. The summed E-state index contributed by atoms with van der Waals surface area (Å²) in [5.41, 5.74) is 0.496. The van der Waals surface area contributed by atoms with E-state index in [2.05, 4.69) is 18.7 Å². The summed E-state index contributed by atoms with van der Waals surface area (Å²) in [6.07, 6.45) is 2.65. The zero-order chi connectivity index (χ0) is 9.64. The summed E-state index contributed by atoms with van der Waals surface area (Å²) in [5.74, 6) is 0.933. The third-order valence-corrected chi connectivity index (χ3v) is 3.37. The SMILES string of the molecule is C[C@H](O)CN1CC(C)(C)C1C1CC1.Cl. The van der Waals surface area contributed by atoms with E-state index in [0.717, 1.165) is 18.5 Å². The van der Waals surface area contributed by atoms with Crippen LogP contribution in [0.3, 0.4) is 0 Å². The molecule has 0 amide bonds. The van der Waals surface area contributed by atoms with Crippen molar-refractivity contribution in [1.82, 2.24) is 4.90 Å². The first-order chi connectivity index (χ1) is 6.00. The fraction of sp³-hybridized carbons (Fsp3) is 1.00. The summed E-state index contributed by atoms with van der Waals surface area (Å²) >= 11 is 0. The van der Waals surface area contributed by atoms with Crippen LogP contribution in [0.25, 0.3) is 0 Å². The molecule has 1 aliphatic carbocycles. The topological polar surface area (TPSA) is 23.5 Å². The van der Waals surface area contributed by atoms with Gasteiger partial charge in [-0.3, -0.25) is 4.90 Å². The maximum Gasteiger partial charge on any atom is 0.0639 e. The molecule has 2 rings (SSSR count). The molecule has 14 heavy (non-hydrogen) atoms. The van der Waals surface area contributed by atoms with Crippen molar-refractivity contribution in [3.8, 4) is 0 Å². The van der Waals surface area contributed by atoms with Crippen molar-refractivity contribution in [2.45, 2.75) is 45.8 Å². The van der Waals surface area contributed by atoms with E-state index in [1.165, 1.54) is 19.4 Å². The molecule has 2 nitrogen and oxygen atoms in total. The number of likely N-dealkylation sites (tertiary alicyclic amines) is 1. The molecule has 0 bridgehead atoms. The largest absolute Gasteiger partial charge is 0.392 e. The predicted octanol–water partition coefficient (Wildman–Crippen LogP) is 1.91. The van der Waals surface area contributed by atoms with Gasteiger partial charge in [-0.25, -0.2) is 0 Å². The summed E-state index contributed by atoms with van der Waals surface area (Å²) in [6.45, 7) is 8.63. The van der Waals surface area contributed by atoms with Crippen molar-refractivity contribution in [2.24, 2.45) is 11.3 Å². The Kier molecular flexibility index (Phi) is 3.50. The molecule has 0 radical (unpaired) electrons. The van der Waals surface area contributed by atoms with Gasteiger partial charge in [-0.2, -0.15) is 0 Å². The first-order valence-corrected chi connectivity index (χ1v) is 5.43. The molecule has 3 heteroatoms. The van der Waals surface area contributed by atoms with Crippen LogP contribution in [-0.2, 0) is 0 Å². The van der Waals surface area contributed by atoms with Gasteiger partial charge in [0.2, 0.25) is 0 Å². The molecule has 2 aliphatic rings. The highest BCUT2D eigenvalue weighted by atomic mass is 35.5. The Morgan fingerprint density at radius 2 is 2.00 bits per heavy atom. The van der Waals surface area contributed by atoms with Gasteiger partial charge in [-0.05, 0) is 31.1 Å². The van der Waals surface area contributed by atoms with Gasteiger partial charge in [0.25, 0.3) is 0 Å². The zero-order valence-corrected chi connectivity index (χ0v) is 10.2. The molecule has 0 aromatic carbocycles. The number of aliphatic hydroxyl groups excluding tert-OH is 1. The molecule has 1 saturated heterocycles. The van der Waals surface area contributed by atoms with E-state index in [4.69, 9.17) is 0 Å². The molecule has 1 N–H and O–H groups in total. The quantitative estimate of drug-likeness (QED) is 0.784. The number of halogens is 1. The average molecular weight is 220 g/mol. The Hall–Kier alpha value is 0.210. The second-order valence-electron chi connectivity index (χ2n) is 5.55. The van der Waals surface area contributed by atoms with E-state index >= 15 is 0 Å². The first-order valence-electron chi connectivity index (χ1n) is 5.43. The molecule has 0 aromatic heterocycles. The van der Waals surface area contributed by atoms with E-state index in [-0.39, 0.29) is 18.5 Å². The lowest BCUT2D eigenvalue weighted by Gasteiger charge is -2.55. The van der Waals surface area contributed by atoms with Gasteiger partial charge in [0.1, 0.15) is 0 Å². The summed E-state index contributed by atoms with van der Waals surface area (Å²) < 4.78 is 0. The summed E-state index contributed by atoms with van der Waals surface area (Å²) in [7, 11) is 0. The lowest BCUT2D eigenvalue weighted by atomic mass is 9.72. The summed E-state index contributed by atoms with van der Waals surface area (Å²) in [4.78, 5) is 2.46. The molecule has 0 aromatic rings. The van der Waals surface area contributed by atoms with Crippen LogP contribution in [0.2, 0.25) is 0 Å². The Bertz CT molecular complexity index is 199. The van der Waals surface area contributed by atoms with Crippen molar-refractivity contribution in [2.75, 3.05) is 13.1 Å². The number of nitrogens with zero attached hydrogens (tertiary/aromatic N) is 1. The maximum absolute atomic E-state index is 9.34. The molecule has 1 heterocycles. The molecule has 1 saturated carbocycles. The fourth-order valence-electron chi connectivity index (χ4n) is 2.96. The molecule has 2 fully saturated rings. The van der Waals surface area contributed by atoms with E-state index in [1.807, 2.05) is 6.92 Å². The summed E-state index contributed by atoms with van der Waals surface area (Å²) in [5, 5.41) is 9.34.